The molecule has 0 spiro atoms. The molecule has 3 aromatic rings. The SMILES string of the molecule is CCCCCc1ccc(-c2ccc(-c3cc(F)c(C)c(F)c3)c(F)c2)cc1. The Kier molecular flexibility index (Phi) is 6.00. The van der Waals surface area contributed by atoms with Crippen molar-refractivity contribution in [1.82, 2.24) is 0 Å². The van der Waals surface area contributed by atoms with E-state index in [1.807, 2.05) is 12.1 Å². The molecule has 0 saturated carbocycles. The molecule has 0 radical (unpaired) electrons. The van der Waals surface area contributed by atoms with E-state index in [1.54, 1.807) is 12.1 Å². The van der Waals surface area contributed by atoms with Crippen LogP contribution in [-0.2, 0) is 6.42 Å². The number of hydrogen-bond donors (Lipinski definition) is 0. The molecule has 0 N–H and O–H groups in total. The minimum atomic E-state index is -0.674. The average Bonchev–Trinajstić information content (AvgIpc) is 2.66. The third-order valence-electron chi connectivity index (χ3n) is 4.92. The van der Waals surface area contributed by atoms with E-state index in [9.17, 15) is 13.2 Å². The maximum atomic E-state index is 14.6. The highest BCUT2D eigenvalue weighted by Crippen LogP contribution is 2.30. The van der Waals surface area contributed by atoms with Crippen molar-refractivity contribution >= 4 is 0 Å². The fraction of sp³-hybridized carbons (Fsp3) is 0.250. The van der Waals surface area contributed by atoms with Crippen molar-refractivity contribution in [2.45, 2.75) is 39.5 Å². The van der Waals surface area contributed by atoms with E-state index in [4.69, 9.17) is 0 Å². The lowest BCUT2D eigenvalue weighted by atomic mass is 9.97. The summed E-state index contributed by atoms with van der Waals surface area (Å²) >= 11 is 0. The summed E-state index contributed by atoms with van der Waals surface area (Å²) in [5, 5.41) is 0. The molecule has 0 aliphatic carbocycles. The molecule has 3 aromatic carbocycles. The van der Waals surface area contributed by atoms with E-state index in [0.717, 1.165) is 17.5 Å². The van der Waals surface area contributed by atoms with Gasteiger partial charge in [-0.05, 0) is 60.2 Å². The van der Waals surface area contributed by atoms with Crippen LogP contribution in [0.5, 0.6) is 0 Å². The van der Waals surface area contributed by atoms with Gasteiger partial charge in [0.15, 0.2) is 0 Å². The van der Waals surface area contributed by atoms with E-state index >= 15 is 0 Å². The second-order valence-electron chi connectivity index (χ2n) is 6.91. The van der Waals surface area contributed by atoms with Crippen LogP contribution in [0.15, 0.2) is 54.6 Å². The first kappa shape index (κ1) is 19.2. The highest BCUT2D eigenvalue weighted by atomic mass is 19.1. The largest absolute Gasteiger partial charge is 0.207 e. The maximum absolute atomic E-state index is 14.6. The lowest BCUT2D eigenvalue weighted by Gasteiger charge is -2.09. The predicted molar refractivity (Wildman–Crippen MR) is 105 cm³/mol. The summed E-state index contributed by atoms with van der Waals surface area (Å²) in [6, 6.07) is 15.2. The van der Waals surface area contributed by atoms with Crippen molar-refractivity contribution in [1.29, 1.82) is 0 Å². The summed E-state index contributed by atoms with van der Waals surface area (Å²) in [5.74, 6) is -1.85. The van der Waals surface area contributed by atoms with Crippen molar-refractivity contribution in [3.8, 4) is 22.3 Å². The van der Waals surface area contributed by atoms with E-state index in [0.29, 0.717) is 0 Å². The average molecular weight is 368 g/mol. The van der Waals surface area contributed by atoms with Crippen LogP contribution < -0.4 is 0 Å². The van der Waals surface area contributed by atoms with Crippen molar-refractivity contribution < 1.29 is 13.2 Å². The van der Waals surface area contributed by atoms with Crippen LogP contribution in [-0.4, -0.2) is 0 Å². The number of halogens is 3. The Morgan fingerprint density at radius 1 is 0.667 bits per heavy atom. The molecule has 0 saturated heterocycles. The zero-order valence-corrected chi connectivity index (χ0v) is 15.7. The van der Waals surface area contributed by atoms with E-state index in [-0.39, 0.29) is 16.7 Å². The van der Waals surface area contributed by atoms with Gasteiger partial charge in [-0.3, -0.25) is 0 Å². The second-order valence-corrected chi connectivity index (χ2v) is 6.91. The summed E-state index contributed by atoms with van der Waals surface area (Å²) in [4.78, 5) is 0. The third kappa shape index (κ3) is 4.41. The number of rotatable bonds is 6. The first-order valence-electron chi connectivity index (χ1n) is 9.34. The summed E-state index contributed by atoms with van der Waals surface area (Å²) < 4.78 is 42.2. The molecule has 0 aromatic heterocycles. The monoisotopic (exact) mass is 368 g/mol. The molecule has 27 heavy (non-hydrogen) atoms. The van der Waals surface area contributed by atoms with Gasteiger partial charge in [-0.1, -0.05) is 56.2 Å². The second kappa shape index (κ2) is 8.43. The first-order chi connectivity index (χ1) is 13.0. The van der Waals surface area contributed by atoms with Gasteiger partial charge in [0.2, 0.25) is 0 Å². The number of aryl methyl sites for hydroxylation is 1. The summed E-state index contributed by atoms with van der Waals surface area (Å²) in [7, 11) is 0. The summed E-state index contributed by atoms with van der Waals surface area (Å²) in [6.45, 7) is 3.54. The van der Waals surface area contributed by atoms with Crippen LogP contribution in [0.1, 0.15) is 37.3 Å². The van der Waals surface area contributed by atoms with Gasteiger partial charge < -0.3 is 0 Å². The Hall–Kier alpha value is -2.55. The van der Waals surface area contributed by atoms with Gasteiger partial charge in [0.05, 0.1) is 0 Å². The number of hydrogen-bond acceptors (Lipinski definition) is 0. The van der Waals surface area contributed by atoms with Crippen molar-refractivity contribution in [3.63, 3.8) is 0 Å². The van der Waals surface area contributed by atoms with Gasteiger partial charge in [0.1, 0.15) is 17.5 Å². The molecule has 0 fully saturated rings. The Morgan fingerprint density at radius 2 is 1.26 bits per heavy atom. The van der Waals surface area contributed by atoms with Crippen LogP contribution in [0.25, 0.3) is 22.3 Å². The van der Waals surface area contributed by atoms with E-state index in [1.165, 1.54) is 49.9 Å². The van der Waals surface area contributed by atoms with Gasteiger partial charge in [-0.15, -0.1) is 0 Å². The lowest BCUT2D eigenvalue weighted by Crippen LogP contribution is -1.93. The summed E-state index contributed by atoms with van der Waals surface area (Å²) in [5.41, 5.74) is 3.26. The molecule has 3 rings (SSSR count). The smallest absolute Gasteiger partial charge is 0.131 e. The van der Waals surface area contributed by atoms with E-state index in [2.05, 4.69) is 19.1 Å². The fourth-order valence-electron chi connectivity index (χ4n) is 3.17. The Labute approximate surface area is 158 Å². The molecule has 140 valence electrons. The predicted octanol–water partition coefficient (Wildman–Crippen LogP) is 7.48. The molecular weight excluding hydrogens is 345 g/mol. The normalized spacial score (nSPS) is 11.0. The van der Waals surface area contributed by atoms with Crippen molar-refractivity contribution in [3.05, 3.63) is 83.2 Å². The molecule has 0 amide bonds. The van der Waals surface area contributed by atoms with Crippen molar-refractivity contribution in [2.24, 2.45) is 0 Å². The van der Waals surface area contributed by atoms with E-state index < -0.39 is 17.5 Å². The first-order valence-corrected chi connectivity index (χ1v) is 9.34. The van der Waals surface area contributed by atoms with Gasteiger partial charge >= 0.3 is 0 Å². The van der Waals surface area contributed by atoms with Gasteiger partial charge in [0, 0.05) is 11.1 Å². The minimum Gasteiger partial charge on any atom is -0.207 e. The fourth-order valence-corrected chi connectivity index (χ4v) is 3.17. The lowest BCUT2D eigenvalue weighted by molar-refractivity contribution is 0.568. The molecule has 0 bridgehead atoms. The standard InChI is InChI=1S/C24H23F3/c1-3-4-5-6-17-7-9-18(10-8-17)19-11-12-21(24(27)13-19)20-14-22(25)16(2)23(26)15-20/h7-15H,3-6H2,1-2H3. The molecule has 0 aliphatic heterocycles. The molecule has 0 nitrogen and oxygen atoms in total. The minimum absolute atomic E-state index is 0.0604. The highest BCUT2D eigenvalue weighted by Gasteiger charge is 2.12. The number of benzene rings is 3. The molecule has 0 aliphatic rings. The molecule has 0 unspecified atom stereocenters. The quantitative estimate of drug-likeness (QED) is 0.396. The van der Waals surface area contributed by atoms with Crippen LogP contribution in [0.4, 0.5) is 13.2 Å². The van der Waals surface area contributed by atoms with Gasteiger partial charge in [-0.2, -0.15) is 0 Å². The molecule has 0 atom stereocenters. The molecular formula is C24H23F3. The van der Waals surface area contributed by atoms with Crippen molar-refractivity contribution in [2.75, 3.05) is 0 Å². The van der Waals surface area contributed by atoms with Crippen LogP contribution in [0.3, 0.4) is 0 Å². The van der Waals surface area contributed by atoms with Crippen LogP contribution in [0.2, 0.25) is 0 Å². The third-order valence-corrected chi connectivity index (χ3v) is 4.92. The molecule has 0 heterocycles. The Morgan fingerprint density at radius 3 is 1.85 bits per heavy atom. The zero-order chi connectivity index (χ0) is 19.4. The highest BCUT2D eigenvalue weighted by molar-refractivity contribution is 5.71. The Balaban J connectivity index is 1.84. The maximum Gasteiger partial charge on any atom is 0.131 e. The summed E-state index contributed by atoms with van der Waals surface area (Å²) in [6.07, 6.45) is 4.63. The Bertz CT molecular complexity index is 904. The topological polar surface area (TPSA) is 0 Å². The van der Waals surface area contributed by atoms with Crippen LogP contribution in [0, 0.1) is 24.4 Å². The molecule has 3 heteroatoms. The van der Waals surface area contributed by atoms with Gasteiger partial charge in [-0.25, -0.2) is 13.2 Å². The van der Waals surface area contributed by atoms with Gasteiger partial charge in [0.25, 0.3) is 0 Å². The van der Waals surface area contributed by atoms with Crippen LogP contribution >= 0.6 is 0 Å². The number of unbranched alkanes of at least 4 members (excludes halogenated alkanes) is 2. The zero-order valence-electron chi connectivity index (χ0n) is 15.7.